The zero-order valence-electron chi connectivity index (χ0n) is 10.0. The Morgan fingerprint density at radius 2 is 1.94 bits per heavy atom. The van der Waals surface area contributed by atoms with E-state index in [9.17, 15) is 8.42 Å². The van der Waals surface area contributed by atoms with E-state index in [0.29, 0.717) is 12.1 Å². The topological polar surface area (TPSA) is 58.2 Å². The molecule has 0 radical (unpaired) electrons. The fourth-order valence-corrected chi connectivity index (χ4v) is 3.42. The summed E-state index contributed by atoms with van der Waals surface area (Å²) in [6, 6.07) is 5.37. The zero-order valence-corrected chi connectivity index (χ0v) is 14.0. The van der Waals surface area contributed by atoms with Crippen LogP contribution < -0.4 is 10.0 Å². The Morgan fingerprint density at radius 1 is 1.22 bits per heavy atom. The fraction of sp³-hybridized carbons (Fsp3) is 0.455. The Hall–Kier alpha value is -0.110. The Balaban J connectivity index is 2.62. The van der Waals surface area contributed by atoms with Gasteiger partial charge in [-0.05, 0) is 60.6 Å². The van der Waals surface area contributed by atoms with E-state index in [0.717, 1.165) is 21.9 Å². The molecule has 2 N–H and O–H groups in total. The molecule has 0 bridgehead atoms. The number of hydrogen-bond donors (Lipinski definition) is 2. The minimum atomic E-state index is -3.28. The molecule has 7 heteroatoms. The van der Waals surface area contributed by atoms with Crippen LogP contribution in [0.3, 0.4) is 0 Å². The summed E-state index contributed by atoms with van der Waals surface area (Å²) in [5, 5.41) is 2.99. The number of nitrogens with one attached hydrogen (secondary N) is 2. The van der Waals surface area contributed by atoms with Gasteiger partial charge in [0.2, 0.25) is 10.0 Å². The summed E-state index contributed by atoms with van der Waals surface area (Å²) in [6.07, 6.45) is 1.48. The van der Waals surface area contributed by atoms with Crippen LogP contribution in [-0.4, -0.2) is 27.8 Å². The number of rotatable bonds is 7. The SMILES string of the molecule is CNCCCCS(=O)(=O)Nc1cc(Br)ccc1Br. The fourth-order valence-electron chi connectivity index (χ4n) is 1.39. The highest BCUT2D eigenvalue weighted by Crippen LogP contribution is 2.27. The van der Waals surface area contributed by atoms with E-state index in [-0.39, 0.29) is 5.75 Å². The van der Waals surface area contributed by atoms with E-state index < -0.39 is 10.0 Å². The van der Waals surface area contributed by atoms with Crippen molar-refractivity contribution in [1.82, 2.24) is 5.32 Å². The van der Waals surface area contributed by atoms with Gasteiger partial charge in [-0.25, -0.2) is 8.42 Å². The van der Waals surface area contributed by atoms with Gasteiger partial charge in [-0.3, -0.25) is 4.72 Å². The molecule has 0 spiro atoms. The van der Waals surface area contributed by atoms with Crippen LogP contribution in [0.1, 0.15) is 12.8 Å². The second-order valence-electron chi connectivity index (χ2n) is 3.86. The monoisotopic (exact) mass is 398 g/mol. The molecule has 0 atom stereocenters. The van der Waals surface area contributed by atoms with E-state index in [1.54, 1.807) is 12.1 Å². The van der Waals surface area contributed by atoms with Crippen molar-refractivity contribution in [2.24, 2.45) is 0 Å². The van der Waals surface area contributed by atoms with Crippen molar-refractivity contribution in [2.45, 2.75) is 12.8 Å². The quantitative estimate of drug-likeness (QED) is 0.693. The summed E-state index contributed by atoms with van der Waals surface area (Å²) in [5.41, 5.74) is 0.554. The molecular formula is C11H16Br2N2O2S. The summed E-state index contributed by atoms with van der Waals surface area (Å²) in [5.74, 6) is 0.133. The van der Waals surface area contributed by atoms with Gasteiger partial charge in [0.05, 0.1) is 11.4 Å². The maximum Gasteiger partial charge on any atom is 0.232 e. The zero-order chi connectivity index (χ0) is 13.6. The smallest absolute Gasteiger partial charge is 0.232 e. The first-order valence-electron chi connectivity index (χ1n) is 5.55. The van der Waals surface area contributed by atoms with Crippen molar-refractivity contribution in [2.75, 3.05) is 24.1 Å². The number of sulfonamides is 1. The van der Waals surface area contributed by atoms with E-state index in [4.69, 9.17) is 0 Å². The highest BCUT2D eigenvalue weighted by Gasteiger charge is 2.12. The lowest BCUT2D eigenvalue weighted by Crippen LogP contribution is -2.18. The van der Waals surface area contributed by atoms with Gasteiger partial charge in [-0.1, -0.05) is 15.9 Å². The summed E-state index contributed by atoms with van der Waals surface area (Å²) in [6.45, 7) is 0.829. The molecule has 4 nitrogen and oxygen atoms in total. The molecule has 18 heavy (non-hydrogen) atoms. The Bertz CT molecular complexity index is 492. The molecule has 0 amide bonds. The molecule has 0 aliphatic carbocycles. The number of hydrogen-bond acceptors (Lipinski definition) is 3. The minimum Gasteiger partial charge on any atom is -0.320 e. The normalized spacial score (nSPS) is 11.5. The predicted molar refractivity (Wildman–Crippen MR) is 82.4 cm³/mol. The van der Waals surface area contributed by atoms with Crippen LogP contribution >= 0.6 is 31.9 Å². The van der Waals surface area contributed by atoms with E-state index in [1.165, 1.54) is 0 Å². The summed E-state index contributed by atoms with van der Waals surface area (Å²) in [4.78, 5) is 0. The van der Waals surface area contributed by atoms with Gasteiger partial charge >= 0.3 is 0 Å². The first-order chi connectivity index (χ1) is 8.44. The number of benzene rings is 1. The second kappa shape index (κ2) is 7.47. The molecule has 0 aliphatic rings. The van der Waals surface area contributed by atoms with Gasteiger partial charge in [0.15, 0.2) is 0 Å². The van der Waals surface area contributed by atoms with Crippen LogP contribution in [0.25, 0.3) is 0 Å². The van der Waals surface area contributed by atoms with E-state index in [2.05, 4.69) is 41.9 Å². The highest BCUT2D eigenvalue weighted by atomic mass is 79.9. The van der Waals surface area contributed by atoms with Gasteiger partial charge in [-0.2, -0.15) is 0 Å². The molecule has 0 heterocycles. The van der Waals surface area contributed by atoms with Crippen LogP contribution in [0.2, 0.25) is 0 Å². The number of anilines is 1. The van der Waals surface area contributed by atoms with Crippen LogP contribution in [0.15, 0.2) is 27.1 Å². The van der Waals surface area contributed by atoms with Crippen LogP contribution in [0.4, 0.5) is 5.69 Å². The van der Waals surface area contributed by atoms with Crippen molar-refractivity contribution in [3.8, 4) is 0 Å². The molecule has 0 aliphatic heterocycles. The molecule has 0 unspecified atom stereocenters. The third-order valence-electron chi connectivity index (χ3n) is 2.28. The summed E-state index contributed by atoms with van der Waals surface area (Å²) < 4.78 is 27.9. The Morgan fingerprint density at radius 3 is 2.61 bits per heavy atom. The van der Waals surface area contributed by atoms with Crippen LogP contribution in [0, 0.1) is 0 Å². The van der Waals surface area contributed by atoms with Gasteiger partial charge in [-0.15, -0.1) is 0 Å². The molecular weight excluding hydrogens is 384 g/mol. The van der Waals surface area contributed by atoms with Crippen molar-refractivity contribution >= 4 is 47.6 Å². The lowest BCUT2D eigenvalue weighted by Gasteiger charge is -2.10. The second-order valence-corrected chi connectivity index (χ2v) is 7.47. The van der Waals surface area contributed by atoms with Crippen molar-refractivity contribution in [3.63, 3.8) is 0 Å². The minimum absolute atomic E-state index is 0.133. The largest absolute Gasteiger partial charge is 0.320 e. The maximum atomic E-state index is 11.9. The van der Waals surface area contributed by atoms with Crippen LogP contribution in [0.5, 0.6) is 0 Å². The third-order valence-corrected chi connectivity index (χ3v) is 4.83. The lowest BCUT2D eigenvalue weighted by molar-refractivity contribution is 0.595. The highest BCUT2D eigenvalue weighted by molar-refractivity contribution is 9.11. The standard InChI is InChI=1S/C11H16Br2N2O2S/c1-14-6-2-3-7-18(16,17)15-11-8-9(12)4-5-10(11)13/h4-5,8,14-15H,2-3,6-7H2,1H3. The van der Waals surface area contributed by atoms with Gasteiger partial charge in [0, 0.05) is 8.95 Å². The molecule has 0 saturated carbocycles. The molecule has 0 aromatic heterocycles. The summed E-state index contributed by atoms with van der Waals surface area (Å²) in [7, 11) is -1.43. The first-order valence-corrected chi connectivity index (χ1v) is 8.78. The molecule has 0 fully saturated rings. The predicted octanol–water partition coefficient (Wildman–Crippen LogP) is 2.95. The Labute approximate surface area is 125 Å². The van der Waals surface area contributed by atoms with E-state index in [1.807, 2.05) is 13.1 Å². The molecule has 1 rings (SSSR count). The summed E-state index contributed by atoms with van der Waals surface area (Å²) >= 11 is 6.63. The average Bonchev–Trinajstić information content (AvgIpc) is 2.29. The van der Waals surface area contributed by atoms with Crippen molar-refractivity contribution in [3.05, 3.63) is 27.1 Å². The van der Waals surface area contributed by atoms with Crippen molar-refractivity contribution in [1.29, 1.82) is 0 Å². The van der Waals surface area contributed by atoms with Gasteiger partial charge in [0.1, 0.15) is 0 Å². The van der Waals surface area contributed by atoms with E-state index >= 15 is 0 Å². The van der Waals surface area contributed by atoms with Crippen LogP contribution in [-0.2, 0) is 10.0 Å². The van der Waals surface area contributed by atoms with Crippen molar-refractivity contribution < 1.29 is 8.42 Å². The number of halogens is 2. The van der Waals surface area contributed by atoms with Gasteiger partial charge in [0.25, 0.3) is 0 Å². The Kier molecular flexibility index (Phi) is 6.62. The maximum absolute atomic E-state index is 11.9. The lowest BCUT2D eigenvalue weighted by atomic mass is 10.3. The molecule has 1 aromatic rings. The molecule has 0 saturated heterocycles. The first kappa shape index (κ1) is 15.9. The van der Waals surface area contributed by atoms with Gasteiger partial charge < -0.3 is 5.32 Å². The average molecular weight is 400 g/mol. The molecule has 1 aromatic carbocycles. The number of unbranched alkanes of at least 4 members (excludes halogenated alkanes) is 1. The third kappa shape index (κ3) is 5.69. The molecule has 102 valence electrons.